The molecule has 1 fully saturated rings. The average molecular weight is 262 g/mol. The number of benzene rings is 1. The third-order valence-corrected chi connectivity index (χ3v) is 3.56. The van der Waals surface area contributed by atoms with Crippen LogP contribution >= 0.6 is 0 Å². The molecule has 0 heterocycles. The molecule has 1 aromatic carbocycles. The summed E-state index contributed by atoms with van der Waals surface area (Å²) >= 11 is 0. The zero-order valence-electron chi connectivity index (χ0n) is 11.4. The first kappa shape index (κ1) is 13.7. The zero-order valence-corrected chi connectivity index (χ0v) is 11.4. The van der Waals surface area contributed by atoms with Gasteiger partial charge < -0.3 is 15.8 Å². The van der Waals surface area contributed by atoms with Gasteiger partial charge in [0.15, 0.2) is 6.61 Å². The van der Waals surface area contributed by atoms with Crippen LogP contribution in [0.2, 0.25) is 0 Å². The minimum Gasteiger partial charge on any atom is -0.482 e. The summed E-state index contributed by atoms with van der Waals surface area (Å²) in [5.41, 5.74) is 7.65. The highest BCUT2D eigenvalue weighted by Crippen LogP contribution is 2.23. The fourth-order valence-corrected chi connectivity index (χ4v) is 2.43. The number of ether oxygens (including phenoxy) is 1. The van der Waals surface area contributed by atoms with Gasteiger partial charge in [-0.3, -0.25) is 4.79 Å². The average Bonchev–Trinajstić information content (AvgIpc) is 2.90. The number of hydrogen-bond acceptors (Lipinski definition) is 3. The number of hydrogen-bond donors (Lipinski definition) is 2. The molecule has 1 amide bonds. The van der Waals surface area contributed by atoms with Crippen molar-refractivity contribution in [1.82, 2.24) is 5.32 Å². The quantitative estimate of drug-likeness (QED) is 0.800. The molecule has 1 aliphatic rings. The lowest BCUT2D eigenvalue weighted by Gasteiger charge is -2.13. The van der Waals surface area contributed by atoms with Crippen molar-refractivity contribution in [2.45, 2.75) is 45.1 Å². The number of anilines is 1. The minimum absolute atomic E-state index is 0.0339. The Balaban J connectivity index is 1.82. The summed E-state index contributed by atoms with van der Waals surface area (Å²) in [6, 6.07) is 6.03. The Kier molecular flexibility index (Phi) is 4.66. The van der Waals surface area contributed by atoms with E-state index < -0.39 is 0 Å². The topological polar surface area (TPSA) is 64.3 Å². The number of amides is 1. The molecule has 3 N–H and O–H groups in total. The summed E-state index contributed by atoms with van der Waals surface area (Å²) < 4.78 is 5.47. The van der Waals surface area contributed by atoms with Crippen LogP contribution in [0.3, 0.4) is 0 Å². The molecular weight excluding hydrogens is 240 g/mol. The highest BCUT2D eigenvalue weighted by molar-refractivity contribution is 5.78. The van der Waals surface area contributed by atoms with Crippen molar-refractivity contribution in [3.63, 3.8) is 0 Å². The van der Waals surface area contributed by atoms with Crippen LogP contribution in [-0.4, -0.2) is 18.6 Å². The van der Waals surface area contributed by atoms with Gasteiger partial charge in [-0.1, -0.05) is 25.8 Å². The zero-order chi connectivity index (χ0) is 13.7. The van der Waals surface area contributed by atoms with Crippen LogP contribution in [-0.2, 0) is 11.2 Å². The first-order chi connectivity index (χ1) is 9.19. The van der Waals surface area contributed by atoms with Crippen molar-refractivity contribution in [3.05, 3.63) is 23.8 Å². The Labute approximate surface area is 114 Å². The highest BCUT2D eigenvalue weighted by atomic mass is 16.5. The van der Waals surface area contributed by atoms with E-state index in [0.29, 0.717) is 17.5 Å². The van der Waals surface area contributed by atoms with E-state index in [0.717, 1.165) is 19.3 Å². The second-order valence-electron chi connectivity index (χ2n) is 5.06. The van der Waals surface area contributed by atoms with E-state index in [1.807, 2.05) is 18.2 Å². The molecule has 0 bridgehead atoms. The van der Waals surface area contributed by atoms with Gasteiger partial charge in [-0.05, 0) is 37.0 Å². The maximum absolute atomic E-state index is 11.7. The standard InChI is InChI=1S/C15H22N2O2/c1-2-11-7-8-14(13(16)9-11)19-10-15(18)17-12-5-3-4-6-12/h7-9,12H,2-6,10,16H2,1H3,(H,17,18). The smallest absolute Gasteiger partial charge is 0.258 e. The fourth-order valence-electron chi connectivity index (χ4n) is 2.43. The fraction of sp³-hybridized carbons (Fsp3) is 0.533. The Morgan fingerprint density at radius 1 is 1.42 bits per heavy atom. The second kappa shape index (κ2) is 6.45. The number of nitrogens with two attached hydrogens (primary N) is 1. The van der Waals surface area contributed by atoms with Crippen LogP contribution in [0.25, 0.3) is 0 Å². The lowest BCUT2D eigenvalue weighted by molar-refractivity contribution is -0.123. The van der Waals surface area contributed by atoms with E-state index in [4.69, 9.17) is 10.5 Å². The molecule has 0 unspecified atom stereocenters. The van der Waals surface area contributed by atoms with E-state index >= 15 is 0 Å². The van der Waals surface area contributed by atoms with Crippen molar-refractivity contribution in [2.75, 3.05) is 12.3 Å². The highest BCUT2D eigenvalue weighted by Gasteiger charge is 2.17. The van der Waals surface area contributed by atoms with E-state index in [9.17, 15) is 4.79 Å². The molecule has 0 aliphatic heterocycles. The van der Waals surface area contributed by atoms with Gasteiger partial charge in [0.25, 0.3) is 5.91 Å². The van der Waals surface area contributed by atoms with Crippen LogP contribution < -0.4 is 15.8 Å². The van der Waals surface area contributed by atoms with Gasteiger partial charge in [-0.2, -0.15) is 0 Å². The van der Waals surface area contributed by atoms with Gasteiger partial charge in [0.2, 0.25) is 0 Å². The van der Waals surface area contributed by atoms with Crippen LogP contribution in [0.15, 0.2) is 18.2 Å². The Morgan fingerprint density at radius 3 is 2.79 bits per heavy atom. The molecule has 0 aromatic heterocycles. The first-order valence-corrected chi connectivity index (χ1v) is 6.99. The molecule has 19 heavy (non-hydrogen) atoms. The first-order valence-electron chi connectivity index (χ1n) is 6.99. The summed E-state index contributed by atoms with van der Waals surface area (Å²) in [6.45, 7) is 2.11. The predicted octanol–water partition coefficient (Wildman–Crippen LogP) is 2.27. The molecule has 2 rings (SSSR count). The molecule has 104 valence electrons. The van der Waals surface area contributed by atoms with Gasteiger partial charge in [0.1, 0.15) is 5.75 Å². The Bertz CT molecular complexity index is 440. The molecule has 0 spiro atoms. The lowest BCUT2D eigenvalue weighted by atomic mass is 10.1. The largest absolute Gasteiger partial charge is 0.482 e. The van der Waals surface area contributed by atoms with Crippen molar-refractivity contribution in [3.8, 4) is 5.75 Å². The number of nitrogens with one attached hydrogen (secondary N) is 1. The molecule has 4 nitrogen and oxygen atoms in total. The third-order valence-electron chi connectivity index (χ3n) is 3.56. The third kappa shape index (κ3) is 3.88. The normalized spacial score (nSPS) is 15.4. The summed E-state index contributed by atoms with van der Waals surface area (Å²) in [5.74, 6) is 0.518. The van der Waals surface area contributed by atoms with Gasteiger partial charge in [-0.15, -0.1) is 0 Å². The summed E-state index contributed by atoms with van der Waals surface area (Å²) in [6.07, 6.45) is 5.51. The second-order valence-corrected chi connectivity index (χ2v) is 5.06. The Hall–Kier alpha value is -1.71. The van der Waals surface area contributed by atoms with Gasteiger partial charge in [-0.25, -0.2) is 0 Å². The van der Waals surface area contributed by atoms with Crippen LogP contribution in [0, 0.1) is 0 Å². The molecule has 1 aromatic rings. The molecule has 0 radical (unpaired) electrons. The molecule has 1 aliphatic carbocycles. The van der Waals surface area contributed by atoms with E-state index in [1.54, 1.807) is 0 Å². The predicted molar refractivity (Wildman–Crippen MR) is 76.1 cm³/mol. The SMILES string of the molecule is CCc1ccc(OCC(=O)NC2CCCC2)c(N)c1. The van der Waals surface area contributed by atoms with Gasteiger partial charge >= 0.3 is 0 Å². The van der Waals surface area contributed by atoms with Crippen LogP contribution in [0.4, 0.5) is 5.69 Å². The molecule has 0 saturated heterocycles. The van der Waals surface area contributed by atoms with Gasteiger partial charge in [0.05, 0.1) is 5.69 Å². The van der Waals surface area contributed by atoms with Crippen LogP contribution in [0.1, 0.15) is 38.2 Å². The summed E-state index contributed by atoms with van der Waals surface area (Å²) in [7, 11) is 0. The number of aryl methyl sites for hydroxylation is 1. The van der Waals surface area contributed by atoms with Gasteiger partial charge in [0, 0.05) is 6.04 Å². The molecule has 0 atom stereocenters. The maximum Gasteiger partial charge on any atom is 0.258 e. The molecular formula is C15H22N2O2. The van der Waals surface area contributed by atoms with Crippen molar-refractivity contribution in [1.29, 1.82) is 0 Å². The number of carbonyl (C=O) groups excluding carboxylic acids is 1. The monoisotopic (exact) mass is 262 g/mol. The molecule has 1 saturated carbocycles. The van der Waals surface area contributed by atoms with Crippen molar-refractivity contribution in [2.24, 2.45) is 0 Å². The summed E-state index contributed by atoms with van der Waals surface area (Å²) in [5, 5.41) is 2.99. The number of carbonyl (C=O) groups is 1. The van der Waals surface area contributed by atoms with Crippen molar-refractivity contribution >= 4 is 11.6 Å². The summed E-state index contributed by atoms with van der Waals surface area (Å²) in [4.78, 5) is 11.7. The van der Waals surface area contributed by atoms with E-state index in [2.05, 4.69) is 12.2 Å². The Morgan fingerprint density at radius 2 is 2.16 bits per heavy atom. The van der Waals surface area contributed by atoms with E-state index in [1.165, 1.54) is 18.4 Å². The maximum atomic E-state index is 11.7. The lowest BCUT2D eigenvalue weighted by Crippen LogP contribution is -2.36. The number of rotatable bonds is 5. The minimum atomic E-state index is -0.0640. The number of nitrogen functional groups attached to an aromatic ring is 1. The van der Waals surface area contributed by atoms with E-state index in [-0.39, 0.29) is 12.5 Å². The van der Waals surface area contributed by atoms with Crippen LogP contribution in [0.5, 0.6) is 5.75 Å². The molecule has 4 heteroatoms. The van der Waals surface area contributed by atoms with Crippen molar-refractivity contribution < 1.29 is 9.53 Å².